The van der Waals surface area contributed by atoms with Gasteiger partial charge in [0.05, 0.1) is 11.3 Å². The van der Waals surface area contributed by atoms with Crippen molar-refractivity contribution < 1.29 is 13.6 Å². The van der Waals surface area contributed by atoms with Crippen molar-refractivity contribution in [2.45, 2.75) is 32.4 Å². The van der Waals surface area contributed by atoms with Gasteiger partial charge in [-0.1, -0.05) is 12.1 Å². The Balaban J connectivity index is 5.00. The van der Waals surface area contributed by atoms with Crippen LogP contribution < -0.4 is 5.73 Å². The van der Waals surface area contributed by atoms with Gasteiger partial charge in [0, 0.05) is 6.54 Å². The molecule has 0 unspecified atom stereocenters. The van der Waals surface area contributed by atoms with Gasteiger partial charge in [-0.25, -0.2) is 8.42 Å². The minimum atomic E-state index is -3.43. The number of amidine groups is 1. The lowest BCUT2D eigenvalue weighted by Gasteiger charge is -2.28. The predicted octanol–water partition coefficient (Wildman–Crippen LogP) is 0.183. The van der Waals surface area contributed by atoms with E-state index in [1.807, 2.05) is 0 Å². The maximum Gasteiger partial charge on any atom is 0.219 e. The normalized spacial score (nSPS) is 14.6. The number of sulfonamides is 1. The first-order valence-corrected chi connectivity index (χ1v) is 6.07. The number of oxime groups is 1. The number of rotatable bonds is 4. The summed E-state index contributed by atoms with van der Waals surface area (Å²) in [6, 6.07) is 0. The molecular formula is C8H19N3O3S. The Morgan fingerprint density at radius 2 is 1.93 bits per heavy atom. The van der Waals surface area contributed by atoms with Crippen LogP contribution in [-0.4, -0.2) is 41.6 Å². The van der Waals surface area contributed by atoms with Crippen LogP contribution in [-0.2, 0) is 10.0 Å². The molecule has 0 rings (SSSR count). The summed E-state index contributed by atoms with van der Waals surface area (Å²) in [5.74, 6) is -0.121. The van der Waals surface area contributed by atoms with Gasteiger partial charge in [0.25, 0.3) is 0 Å². The van der Waals surface area contributed by atoms with Gasteiger partial charge < -0.3 is 10.9 Å². The first kappa shape index (κ1) is 14.2. The second-order valence-corrected chi connectivity index (χ2v) is 6.83. The van der Waals surface area contributed by atoms with Crippen molar-refractivity contribution in [1.29, 1.82) is 0 Å². The summed E-state index contributed by atoms with van der Waals surface area (Å²) in [6.07, 6.45) is 0. The molecule has 3 N–H and O–H groups in total. The van der Waals surface area contributed by atoms with E-state index in [0.29, 0.717) is 0 Å². The molecule has 0 fully saturated rings. The standard InChI is InChI=1S/C8H19N3O3S/c1-5-11(6-7(9)10-12)15(13,14)8(2,3)4/h12H,5-6H2,1-4H3,(H2,9,10). The lowest BCUT2D eigenvalue weighted by Crippen LogP contribution is -2.46. The summed E-state index contributed by atoms with van der Waals surface area (Å²) in [5.41, 5.74) is 5.28. The minimum Gasteiger partial charge on any atom is -0.409 e. The van der Waals surface area contributed by atoms with Crippen LogP contribution in [0.1, 0.15) is 27.7 Å². The van der Waals surface area contributed by atoms with Crippen molar-refractivity contribution in [3.8, 4) is 0 Å². The first-order chi connectivity index (χ1) is 6.66. The van der Waals surface area contributed by atoms with E-state index >= 15 is 0 Å². The van der Waals surface area contributed by atoms with Gasteiger partial charge in [0.15, 0.2) is 5.84 Å². The molecule has 6 nitrogen and oxygen atoms in total. The zero-order valence-electron chi connectivity index (χ0n) is 9.56. The highest BCUT2D eigenvalue weighted by molar-refractivity contribution is 7.90. The first-order valence-electron chi connectivity index (χ1n) is 4.63. The fourth-order valence-electron chi connectivity index (χ4n) is 0.966. The second kappa shape index (κ2) is 4.80. The second-order valence-electron chi connectivity index (χ2n) is 4.13. The van der Waals surface area contributed by atoms with Crippen molar-refractivity contribution >= 4 is 15.9 Å². The van der Waals surface area contributed by atoms with Crippen LogP contribution in [0.3, 0.4) is 0 Å². The van der Waals surface area contributed by atoms with Gasteiger partial charge in [-0.15, -0.1) is 0 Å². The van der Waals surface area contributed by atoms with E-state index in [4.69, 9.17) is 10.9 Å². The minimum absolute atomic E-state index is 0.0907. The molecule has 0 aromatic carbocycles. The predicted molar refractivity (Wildman–Crippen MR) is 59.3 cm³/mol. The highest BCUT2D eigenvalue weighted by Crippen LogP contribution is 2.19. The summed E-state index contributed by atoms with van der Waals surface area (Å²) in [5, 5.41) is 11.1. The largest absolute Gasteiger partial charge is 0.409 e. The topological polar surface area (TPSA) is 96.0 Å². The molecule has 0 aliphatic rings. The molecule has 0 aromatic heterocycles. The average Bonchev–Trinajstić information content (AvgIpc) is 2.11. The molecule has 0 aliphatic carbocycles. The number of nitrogens with two attached hydrogens (primary N) is 1. The number of hydrogen-bond donors (Lipinski definition) is 2. The Hall–Kier alpha value is -0.820. The third kappa shape index (κ3) is 3.35. The highest BCUT2D eigenvalue weighted by atomic mass is 32.2. The molecule has 0 spiro atoms. The van der Waals surface area contributed by atoms with Gasteiger partial charge in [-0.3, -0.25) is 0 Å². The van der Waals surface area contributed by atoms with E-state index < -0.39 is 14.8 Å². The quantitative estimate of drug-likeness (QED) is 0.315. The Morgan fingerprint density at radius 1 is 1.47 bits per heavy atom. The monoisotopic (exact) mass is 237 g/mol. The molecule has 15 heavy (non-hydrogen) atoms. The lowest BCUT2D eigenvalue weighted by molar-refractivity contribution is 0.314. The molecule has 0 radical (unpaired) electrons. The third-order valence-corrected chi connectivity index (χ3v) is 4.55. The zero-order valence-corrected chi connectivity index (χ0v) is 10.4. The Labute approximate surface area is 90.8 Å². The summed E-state index contributed by atoms with van der Waals surface area (Å²) >= 11 is 0. The Bertz CT molecular complexity index is 330. The van der Waals surface area contributed by atoms with E-state index in [2.05, 4.69) is 5.16 Å². The summed E-state index contributed by atoms with van der Waals surface area (Å²) in [4.78, 5) is 0. The Morgan fingerprint density at radius 3 is 2.20 bits per heavy atom. The smallest absolute Gasteiger partial charge is 0.219 e. The molecule has 0 bridgehead atoms. The Kier molecular flexibility index (Phi) is 4.54. The van der Waals surface area contributed by atoms with E-state index in [1.165, 1.54) is 4.31 Å². The number of likely N-dealkylation sites (N-methyl/N-ethyl adjacent to an activating group) is 1. The molecule has 0 saturated heterocycles. The molecule has 0 aliphatic heterocycles. The van der Waals surface area contributed by atoms with E-state index in [0.717, 1.165) is 0 Å². The summed E-state index contributed by atoms with van der Waals surface area (Å²) in [6.45, 7) is 6.72. The molecule has 0 aromatic rings. The SMILES string of the molecule is CCN(CC(N)=NO)S(=O)(=O)C(C)(C)C. The van der Waals surface area contributed by atoms with Crippen molar-refractivity contribution in [3.05, 3.63) is 0 Å². The molecule has 0 heterocycles. The van der Waals surface area contributed by atoms with Crippen LogP contribution in [0.25, 0.3) is 0 Å². The van der Waals surface area contributed by atoms with E-state index in [1.54, 1.807) is 27.7 Å². The van der Waals surface area contributed by atoms with Gasteiger partial charge in [0.1, 0.15) is 0 Å². The molecule has 0 saturated carbocycles. The zero-order chi connectivity index (χ0) is 12.3. The highest BCUT2D eigenvalue weighted by Gasteiger charge is 2.34. The van der Waals surface area contributed by atoms with Gasteiger partial charge in [0.2, 0.25) is 10.0 Å². The number of hydrogen-bond acceptors (Lipinski definition) is 4. The van der Waals surface area contributed by atoms with Gasteiger partial charge in [-0.2, -0.15) is 4.31 Å². The van der Waals surface area contributed by atoms with Crippen molar-refractivity contribution in [2.75, 3.05) is 13.1 Å². The van der Waals surface area contributed by atoms with Crippen molar-refractivity contribution in [1.82, 2.24) is 4.31 Å². The van der Waals surface area contributed by atoms with Crippen LogP contribution in [0.15, 0.2) is 5.16 Å². The molecule has 7 heteroatoms. The van der Waals surface area contributed by atoms with Crippen LogP contribution in [0, 0.1) is 0 Å². The molecular weight excluding hydrogens is 218 g/mol. The van der Waals surface area contributed by atoms with Crippen molar-refractivity contribution in [2.24, 2.45) is 10.9 Å². The van der Waals surface area contributed by atoms with Crippen LogP contribution in [0.4, 0.5) is 0 Å². The van der Waals surface area contributed by atoms with Gasteiger partial charge in [-0.05, 0) is 20.8 Å². The summed E-state index contributed by atoms with van der Waals surface area (Å²) in [7, 11) is -3.43. The molecule has 90 valence electrons. The van der Waals surface area contributed by atoms with Crippen LogP contribution in [0.2, 0.25) is 0 Å². The summed E-state index contributed by atoms with van der Waals surface area (Å²) < 4.78 is 24.2. The fraction of sp³-hybridized carbons (Fsp3) is 0.875. The average molecular weight is 237 g/mol. The van der Waals surface area contributed by atoms with Crippen molar-refractivity contribution in [3.63, 3.8) is 0 Å². The van der Waals surface area contributed by atoms with E-state index in [9.17, 15) is 8.42 Å². The fourth-order valence-corrected chi connectivity index (χ4v) is 2.38. The van der Waals surface area contributed by atoms with E-state index in [-0.39, 0.29) is 18.9 Å². The maximum absolute atomic E-state index is 12.0. The maximum atomic E-state index is 12.0. The van der Waals surface area contributed by atoms with Crippen LogP contribution >= 0.6 is 0 Å². The molecule has 0 atom stereocenters. The number of nitrogens with zero attached hydrogens (tertiary/aromatic N) is 2. The molecule has 0 amide bonds. The van der Waals surface area contributed by atoms with Gasteiger partial charge >= 0.3 is 0 Å². The third-order valence-electron chi connectivity index (χ3n) is 1.93. The van der Waals surface area contributed by atoms with Crippen LogP contribution in [0.5, 0.6) is 0 Å². The lowest BCUT2D eigenvalue weighted by atomic mass is 10.3.